The van der Waals surface area contributed by atoms with Crippen LogP contribution in [0.4, 0.5) is 0 Å². The van der Waals surface area contributed by atoms with Crippen molar-refractivity contribution >= 4 is 5.91 Å². The number of nitriles is 1. The molecule has 0 fully saturated rings. The Hall–Kier alpha value is -1.28. The highest BCUT2D eigenvalue weighted by Gasteiger charge is 2.24. The first-order valence-corrected chi connectivity index (χ1v) is 5.13. The lowest BCUT2D eigenvalue weighted by Crippen LogP contribution is -2.47. The van der Waals surface area contributed by atoms with Crippen LogP contribution in [0.5, 0.6) is 0 Å². The molecule has 2 atom stereocenters. The molecule has 0 aromatic heterocycles. The number of rotatable bonds is 7. The summed E-state index contributed by atoms with van der Waals surface area (Å²) in [6.45, 7) is 4.16. The lowest BCUT2D eigenvalue weighted by atomic mass is 10.1. The summed E-state index contributed by atoms with van der Waals surface area (Å²) in [5.41, 5.74) is 0. The summed E-state index contributed by atoms with van der Waals surface area (Å²) in [5, 5.41) is 22.9. The van der Waals surface area contributed by atoms with Crippen molar-refractivity contribution in [1.82, 2.24) is 10.6 Å². The van der Waals surface area contributed by atoms with Gasteiger partial charge in [0.15, 0.2) is 12.3 Å². The smallest absolute Gasteiger partial charge is 0.251 e. The Balaban J connectivity index is 4.54. The van der Waals surface area contributed by atoms with Gasteiger partial charge in [-0.05, 0) is 12.8 Å². The molecule has 0 saturated carbocycles. The van der Waals surface area contributed by atoms with Gasteiger partial charge in [-0.15, -0.1) is 0 Å². The van der Waals surface area contributed by atoms with Crippen molar-refractivity contribution in [3.63, 3.8) is 0 Å². The van der Waals surface area contributed by atoms with Crippen molar-refractivity contribution < 1.29 is 11.3 Å². The van der Waals surface area contributed by atoms with Crippen LogP contribution < -0.4 is 10.6 Å². The largest absolute Gasteiger partial charge is 0.381 e. The average Bonchev–Trinajstić information content (AvgIpc) is 2.25. The van der Waals surface area contributed by atoms with E-state index < -0.39 is 18.0 Å². The van der Waals surface area contributed by atoms with Crippen LogP contribution in [-0.2, 0) is 4.79 Å². The Morgan fingerprint density at radius 2 is 2.27 bits per heavy atom. The van der Waals surface area contributed by atoms with E-state index in [-0.39, 0.29) is 6.42 Å². The maximum absolute atomic E-state index is 11.5. The Labute approximate surface area is 91.9 Å². The maximum Gasteiger partial charge on any atom is 0.251 e. The average molecular weight is 214 g/mol. The van der Waals surface area contributed by atoms with Gasteiger partial charge in [0.2, 0.25) is 0 Å². The van der Waals surface area contributed by atoms with E-state index in [9.17, 15) is 9.90 Å². The first kappa shape index (κ1) is 11.8. The quantitative estimate of drug-likeness (QED) is 0.415. The fourth-order valence-electron chi connectivity index (χ4n) is 1.11. The highest BCUT2D eigenvalue weighted by atomic mass is 16.3. The minimum Gasteiger partial charge on any atom is -0.381 e. The van der Waals surface area contributed by atoms with Gasteiger partial charge in [-0.2, -0.15) is 5.26 Å². The van der Waals surface area contributed by atoms with Crippen molar-refractivity contribution in [1.29, 1.82) is 5.26 Å². The van der Waals surface area contributed by atoms with E-state index in [0.717, 1.165) is 6.42 Å². The van der Waals surface area contributed by atoms with Crippen LogP contribution in [0.15, 0.2) is 0 Å². The molecular formula is C10H19N3O2. The van der Waals surface area contributed by atoms with Gasteiger partial charge in [0.05, 0.1) is 7.39 Å². The SMILES string of the molecule is [2H][C@@](CCC)(NC#N)[C@H](O)C(=O)NCCC. The van der Waals surface area contributed by atoms with Gasteiger partial charge in [0.1, 0.15) is 0 Å². The Morgan fingerprint density at radius 1 is 1.60 bits per heavy atom. The van der Waals surface area contributed by atoms with Crippen LogP contribution in [0.25, 0.3) is 0 Å². The van der Waals surface area contributed by atoms with Crippen molar-refractivity contribution in [2.75, 3.05) is 6.54 Å². The van der Waals surface area contributed by atoms with Crippen molar-refractivity contribution in [2.24, 2.45) is 0 Å². The molecule has 0 bridgehead atoms. The molecule has 0 unspecified atom stereocenters. The molecule has 0 radical (unpaired) electrons. The third-order valence-corrected chi connectivity index (χ3v) is 1.86. The first-order chi connectivity index (χ1) is 7.51. The molecule has 5 heteroatoms. The van der Waals surface area contributed by atoms with Gasteiger partial charge in [-0.1, -0.05) is 20.3 Å². The predicted octanol–water partition coefficient (Wildman–Crippen LogP) is 0.113. The molecule has 0 aliphatic carbocycles. The fourth-order valence-corrected chi connectivity index (χ4v) is 1.11. The molecule has 3 N–H and O–H groups in total. The van der Waals surface area contributed by atoms with Crippen molar-refractivity contribution in [3.05, 3.63) is 0 Å². The maximum atomic E-state index is 11.5. The molecule has 0 aliphatic heterocycles. The number of nitrogens with one attached hydrogen (secondary N) is 2. The number of hydrogen-bond acceptors (Lipinski definition) is 4. The molecule has 0 saturated heterocycles. The highest BCUT2D eigenvalue weighted by Crippen LogP contribution is 2.02. The van der Waals surface area contributed by atoms with E-state index in [1.54, 1.807) is 6.19 Å². The van der Waals surface area contributed by atoms with E-state index in [0.29, 0.717) is 13.0 Å². The summed E-state index contributed by atoms with van der Waals surface area (Å²) in [7, 11) is 0. The predicted molar refractivity (Wildman–Crippen MR) is 56.8 cm³/mol. The van der Waals surface area contributed by atoms with Crippen LogP contribution in [0, 0.1) is 11.5 Å². The number of hydrogen-bond donors (Lipinski definition) is 3. The molecule has 15 heavy (non-hydrogen) atoms. The molecule has 0 aliphatic rings. The third-order valence-electron chi connectivity index (χ3n) is 1.86. The topological polar surface area (TPSA) is 85.2 Å². The zero-order valence-corrected chi connectivity index (χ0v) is 9.21. The van der Waals surface area contributed by atoms with E-state index in [1.165, 1.54) is 0 Å². The minimum absolute atomic E-state index is 0.223. The minimum atomic E-state index is -1.64. The summed E-state index contributed by atoms with van der Waals surface area (Å²) < 4.78 is 7.85. The molecule has 86 valence electrons. The second-order valence-corrected chi connectivity index (χ2v) is 3.21. The van der Waals surface area contributed by atoms with Gasteiger partial charge in [0, 0.05) is 6.54 Å². The monoisotopic (exact) mass is 214 g/mol. The van der Waals surface area contributed by atoms with Crippen molar-refractivity contribution in [3.8, 4) is 6.19 Å². The second-order valence-electron chi connectivity index (χ2n) is 3.21. The molecule has 0 heterocycles. The molecule has 0 aromatic carbocycles. The molecule has 0 aromatic rings. The Bertz CT molecular complexity index is 267. The van der Waals surface area contributed by atoms with Crippen LogP contribution in [0.3, 0.4) is 0 Å². The number of aliphatic hydroxyl groups is 1. The zero-order valence-electron chi connectivity index (χ0n) is 10.2. The molecule has 0 rings (SSSR count). The number of aliphatic hydroxyl groups excluding tert-OH is 1. The van der Waals surface area contributed by atoms with Gasteiger partial charge in [-0.25, -0.2) is 0 Å². The molecule has 5 nitrogen and oxygen atoms in total. The van der Waals surface area contributed by atoms with E-state index >= 15 is 0 Å². The number of carbonyl (C=O) groups is 1. The first-order valence-electron chi connectivity index (χ1n) is 5.63. The van der Waals surface area contributed by atoms with Crippen molar-refractivity contribution in [2.45, 2.75) is 45.2 Å². The van der Waals surface area contributed by atoms with E-state index in [1.807, 2.05) is 13.8 Å². The van der Waals surface area contributed by atoms with E-state index in [4.69, 9.17) is 6.63 Å². The lowest BCUT2D eigenvalue weighted by Gasteiger charge is -2.20. The van der Waals surface area contributed by atoms with Gasteiger partial charge < -0.3 is 15.7 Å². The normalized spacial score (nSPS) is 16.8. The number of nitrogens with zero attached hydrogens (tertiary/aromatic N) is 1. The summed E-state index contributed by atoms with van der Waals surface area (Å²) >= 11 is 0. The fraction of sp³-hybridized carbons (Fsp3) is 0.800. The number of amides is 1. The summed E-state index contributed by atoms with van der Waals surface area (Å²) in [4.78, 5) is 11.5. The zero-order chi connectivity index (χ0) is 12.6. The molecule has 0 spiro atoms. The summed E-state index contributed by atoms with van der Waals surface area (Å²) in [6, 6.07) is -1.64. The van der Waals surface area contributed by atoms with Crippen LogP contribution in [0.2, 0.25) is 0 Å². The Morgan fingerprint density at radius 3 is 2.73 bits per heavy atom. The van der Waals surface area contributed by atoms with Gasteiger partial charge in [-0.3, -0.25) is 4.79 Å². The van der Waals surface area contributed by atoms with Crippen LogP contribution >= 0.6 is 0 Å². The van der Waals surface area contributed by atoms with Gasteiger partial charge in [0.25, 0.3) is 5.91 Å². The molecule has 1 amide bonds. The Kier molecular flexibility index (Phi) is 6.34. The lowest BCUT2D eigenvalue weighted by molar-refractivity contribution is -0.130. The highest BCUT2D eigenvalue weighted by molar-refractivity contribution is 5.81. The van der Waals surface area contributed by atoms with E-state index in [2.05, 4.69) is 10.6 Å². The second kappa shape index (κ2) is 8.06. The standard InChI is InChI=1S/C10H19N3O2/c1-3-5-8(13-7-11)9(14)10(15)12-6-4-2/h8-9,13-14H,3-6H2,1-2H3,(H,12,15)/t8-,9-/m0/s1/i8D. The molecular weight excluding hydrogens is 194 g/mol. The third kappa shape index (κ3) is 5.23. The van der Waals surface area contributed by atoms with Gasteiger partial charge >= 0.3 is 0 Å². The summed E-state index contributed by atoms with van der Waals surface area (Å²) in [5.74, 6) is -0.618. The van der Waals surface area contributed by atoms with Crippen LogP contribution in [-0.4, -0.2) is 29.7 Å². The number of carbonyl (C=O) groups excluding carboxylic acids is 1. The summed E-state index contributed by atoms with van der Waals surface area (Å²) in [6.07, 6.45) is 1.63. The van der Waals surface area contributed by atoms with Crippen LogP contribution in [0.1, 0.15) is 34.5 Å².